The zero-order chi connectivity index (χ0) is 19.6. The molecule has 0 aliphatic heterocycles. The lowest BCUT2D eigenvalue weighted by Gasteiger charge is -2.32. The normalized spacial score (nSPS) is 28.4. The van der Waals surface area contributed by atoms with E-state index in [2.05, 4.69) is 38.1 Å². The molecular weight excluding hydrogens is 336 g/mol. The van der Waals surface area contributed by atoms with Crippen molar-refractivity contribution in [1.29, 1.82) is 0 Å². The zero-order valence-corrected chi connectivity index (χ0v) is 18.9. The van der Waals surface area contributed by atoms with E-state index in [1.807, 2.05) is 0 Å². The number of rotatable bonds is 10. The zero-order valence-electron chi connectivity index (χ0n) is 18.9. The molecule has 0 saturated heterocycles. The van der Waals surface area contributed by atoms with Crippen molar-refractivity contribution in [2.24, 2.45) is 23.7 Å². The predicted octanol–water partition coefficient (Wildman–Crippen LogP) is 8.90. The fraction of sp³-hybridized carbons (Fsp3) is 0.786. The summed E-state index contributed by atoms with van der Waals surface area (Å²) in [5, 5.41) is 0. The Balaban J connectivity index is 1.24. The second-order valence-electron chi connectivity index (χ2n) is 10.4. The van der Waals surface area contributed by atoms with Crippen molar-refractivity contribution in [3.8, 4) is 0 Å². The largest absolute Gasteiger partial charge is 0.0654 e. The molecule has 0 N–H and O–H groups in total. The molecule has 0 radical (unpaired) electrons. The van der Waals surface area contributed by atoms with Gasteiger partial charge >= 0.3 is 0 Å². The molecule has 0 bridgehead atoms. The first-order valence-corrected chi connectivity index (χ1v) is 12.8. The van der Waals surface area contributed by atoms with Crippen LogP contribution in [0.2, 0.25) is 0 Å². The van der Waals surface area contributed by atoms with Crippen molar-refractivity contribution in [1.82, 2.24) is 0 Å². The lowest BCUT2D eigenvalue weighted by atomic mass is 9.74. The van der Waals surface area contributed by atoms with Gasteiger partial charge < -0.3 is 0 Å². The molecule has 0 heteroatoms. The lowest BCUT2D eigenvalue weighted by molar-refractivity contribution is 0.208. The summed E-state index contributed by atoms with van der Waals surface area (Å²) in [6, 6.07) is 9.20. The number of hydrogen-bond acceptors (Lipinski definition) is 0. The summed E-state index contributed by atoms with van der Waals surface area (Å²) in [5.74, 6) is 4.20. The molecule has 0 amide bonds. The van der Waals surface area contributed by atoms with Crippen LogP contribution in [0.5, 0.6) is 0 Å². The van der Waals surface area contributed by atoms with E-state index in [1.54, 1.807) is 32.1 Å². The molecule has 0 unspecified atom stereocenters. The summed E-state index contributed by atoms with van der Waals surface area (Å²) in [6.45, 7) is 4.51. The summed E-state index contributed by atoms with van der Waals surface area (Å²) in [7, 11) is 0. The molecule has 158 valence electrons. The summed E-state index contributed by atoms with van der Waals surface area (Å²) < 4.78 is 0. The third-order valence-corrected chi connectivity index (χ3v) is 8.09. The standard InChI is InChI=1S/C28H46/c1-3-4-5-6-24-11-13-26(14-12-24)17-18-28-21-19-27(20-22-28)16-15-25-9-7-23(2)8-10-25/h7-10,24,26-28H,3-6,11-22H2,1-2H3/t24-,26-,27-,28-. The number of benzene rings is 1. The van der Waals surface area contributed by atoms with Crippen LogP contribution in [0.15, 0.2) is 24.3 Å². The second kappa shape index (κ2) is 12.0. The maximum atomic E-state index is 2.33. The van der Waals surface area contributed by atoms with Gasteiger partial charge in [0.25, 0.3) is 0 Å². The van der Waals surface area contributed by atoms with Crippen molar-refractivity contribution in [2.75, 3.05) is 0 Å². The van der Waals surface area contributed by atoms with Gasteiger partial charge in [0.2, 0.25) is 0 Å². The molecule has 2 aliphatic carbocycles. The Labute approximate surface area is 175 Å². The van der Waals surface area contributed by atoms with Crippen LogP contribution in [0.1, 0.15) is 114 Å². The van der Waals surface area contributed by atoms with Crippen LogP contribution >= 0.6 is 0 Å². The molecule has 1 aromatic carbocycles. The van der Waals surface area contributed by atoms with E-state index in [-0.39, 0.29) is 0 Å². The molecule has 0 nitrogen and oxygen atoms in total. The average molecular weight is 383 g/mol. The van der Waals surface area contributed by atoms with Gasteiger partial charge in [0.1, 0.15) is 0 Å². The van der Waals surface area contributed by atoms with Gasteiger partial charge in [0, 0.05) is 0 Å². The van der Waals surface area contributed by atoms with Crippen molar-refractivity contribution in [3.63, 3.8) is 0 Å². The van der Waals surface area contributed by atoms with Crippen molar-refractivity contribution in [3.05, 3.63) is 35.4 Å². The van der Waals surface area contributed by atoms with Crippen molar-refractivity contribution < 1.29 is 0 Å². The fourth-order valence-corrected chi connectivity index (χ4v) is 5.90. The molecule has 0 atom stereocenters. The minimum atomic E-state index is 0.996. The SMILES string of the molecule is CCCCC[C@H]1CC[C@H](CC[C@H]2CC[C@H](CCc3ccc(C)cc3)CC2)CC1. The first-order chi connectivity index (χ1) is 13.7. The maximum Gasteiger partial charge on any atom is -0.0276 e. The van der Waals surface area contributed by atoms with E-state index in [0.717, 1.165) is 23.7 Å². The Morgan fingerprint density at radius 3 is 1.57 bits per heavy atom. The minimum absolute atomic E-state index is 0.996. The maximum absolute atomic E-state index is 2.33. The number of unbranched alkanes of at least 4 members (excludes halogenated alkanes) is 2. The molecule has 2 aliphatic rings. The Morgan fingerprint density at radius 2 is 1.07 bits per heavy atom. The van der Waals surface area contributed by atoms with E-state index >= 15 is 0 Å². The van der Waals surface area contributed by atoms with Crippen LogP contribution in [0.25, 0.3) is 0 Å². The molecule has 0 aromatic heterocycles. The minimum Gasteiger partial charge on any atom is -0.0654 e. The summed E-state index contributed by atoms with van der Waals surface area (Å²) in [5.41, 5.74) is 2.92. The quantitative estimate of drug-likeness (QED) is 0.354. The summed E-state index contributed by atoms with van der Waals surface area (Å²) in [6.07, 6.45) is 23.8. The van der Waals surface area contributed by atoms with E-state index < -0.39 is 0 Å². The second-order valence-corrected chi connectivity index (χ2v) is 10.4. The van der Waals surface area contributed by atoms with Gasteiger partial charge in [-0.25, -0.2) is 0 Å². The Hall–Kier alpha value is -0.780. The molecule has 2 fully saturated rings. The first kappa shape index (κ1) is 21.9. The van der Waals surface area contributed by atoms with Crippen LogP contribution in [-0.4, -0.2) is 0 Å². The lowest BCUT2D eigenvalue weighted by Crippen LogP contribution is -2.18. The molecule has 3 rings (SSSR count). The predicted molar refractivity (Wildman–Crippen MR) is 124 cm³/mol. The third-order valence-electron chi connectivity index (χ3n) is 8.09. The molecule has 28 heavy (non-hydrogen) atoms. The van der Waals surface area contributed by atoms with Crippen molar-refractivity contribution >= 4 is 0 Å². The molecular formula is C28H46. The average Bonchev–Trinajstić information content (AvgIpc) is 2.74. The first-order valence-electron chi connectivity index (χ1n) is 12.8. The van der Waals surface area contributed by atoms with Gasteiger partial charge in [-0.3, -0.25) is 0 Å². The highest BCUT2D eigenvalue weighted by Crippen LogP contribution is 2.38. The van der Waals surface area contributed by atoms with Crippen LogP contribution in [-0.2, 0) is 6.42 Å². The molecule has 2 saturated carbocycles. The van der Waals surface area contributed by atoms with Gasteiger partial charge in [0.05, 0.1) is 0 Å². The van der Waals surface area contributed by atoms with Crippen LogP contribution in [0.4, 0.5) is 0 Å². The molecule has 1 aromatic rings. The molecule has 0 heterocycles. The number of hydrogen-bond donors (Lipinski definition) is 0. The highest BCUT2D eigenvalue weighted by Gasteiger charge is 2.24. The van der Waals surface area contributed by atoms with Gasteiger partial charge in [-0.2, -0.15) is 0 Å². The summed E-state index contributed by atoms with van der Waals surface area (Å²) in [4.78, 5) is 0. The van der Waals surface area contributed by atoms with Crippen molar-refractivity contribution in [2.45, 2.75) is 117 Å². The van der Waals surface area contributed by atoms with Crippen LogP contribution in [0, 0.1) is 30.6 Å². The highest BCUT2D eigenvalue weighted by molar-refractivity contribution is 5.21. The highest BCUT2D eigenvalue weighted by atomic mass is 14.3. The Bertz CT molecular complexity index is 511. The van der Waals surface area contributed by atoms with Gasteiger partial charge in [-0.15, -0.1) is 0 Å². The van der Waals surface area contributed by atoms with E-state index in [1.165, 1.54) is 81.8 Å². The third kappa shape index (κ3) is 7.57. The van der Waals surface area contributed by atoms with Gasteiger partial charge in [-0.05, 0) is 49.0 Å². The van der Waals surface area contributed by atoms with Gasteiger partial charge in [-0.1, -0.05) is 127 Å². The summed E-state index contributed by atoms with van der Waals surface area (Å²) >= 11 is 0. The molecule has 0 spiro atoms. The Kier molecular flexibility index (Phi) is 9.42. The topological polar surface area (TPSA) is 0 Å². The monoisotopic (exact) mass is 382 g/mol. The van der Waals surface area contributed by atoms with Crippen LogP contribution < -0.4 is 0 Å². The fourth-order valence-electron chi connectivity index (χ4n) is 5.90. The number of aryl methyl sites for hydroxylation is 2. The van der Waals surface area contributed by atoms with E-state index in [9.17, 15) is 0 Å². The van der Waals surface area contributed by atoms with E-state index in [4.69, 9.17) is 0 Å². The smallest absolute Gasteiger partial charge is 0.0276 e. The Morgan fingerprint density at radius 1 is 0.607 bits per heavy atom. The van der Waals surface area contributed by atoms with Gasteiger partial charge in [0.15, 0.2) is 0 Å². The van der Waals surface area contributed by atoms with E-state index in [0.29, 0.717) is 0 Å². The van der Waals surface area contributed by atoms with Crippen LogP contribution in [0.3, 0.4) is 0 Å².